The van der Waals surface area contributed by atoms with E-state index in [0.29, 0.717) is 30.4 Å². The molecule has 0 radical (unpaired) electrons. The molecule has 0 aliphatic carbocycles. The van der Waals surface area contributed by atoms with Gasteiger partial charge in [-0.1, -0.05) is 42.5 Å². The molecular weight excluding hydrogens is 413 g/mol. The van der Waals surface area contributed by atoms with Gasteiger partial charge < -0.3 is 20.2 Å². The van der Waals surface area contributed by atoms with E-state index in [1.165, 1.54) is 18.2 Å². The summed E-state index contributed by atoms with van der Waals surface area (Å²) in [6.07, 6.45) is 1.07. The van der Waals surface area contributed by atoms with Gasteiger partial charge in [-0.05, 0) is 60.7 Å². The number of rotatable bonds is 6. The van der Waals surface area contributed by atoms with Crippen molar-refractivity contribution in [1.82, 2.24) is 0 Å². The molecule has 0 amide bonds. The lowest BCUT2D eigenvalue weighted by molar-refractivity contribution is 0.155. The van der Waals surface area contributed by atoms with Crippen LogP contribution in [-0.2, 0) is 0 Å². The zero-order valence-electron chi connectivity index (χ0n) is 16.9. The van der Waals surface area contributed by atoms with Crippen LogP contribution >= 0.6 is 12.2 Å². The zero-order chi connectivity index (χ0) is 22.0. The summed E-state index contributed by atoms with van der Waals surface area (Å²) in [7, 11) is 0. The van der Waals surface area contributed by atoms with E-state index in [0.717, 1.165) is 10.7 Å². The number of phenolic OH excluding ortho intramolecular Hbond substituents is 2. The molecule has 1 aliphatic rings. The summed E-state index contributed by atoms with van der Waals surface area (Å²) in [4.78, 5) is 2.82. The van der Waals surface area contributed by atoms with Gasteiger partial charge in [0.15, 0.2) is 0 Å². The van der Waals surface area contributed by atoms with Gasteiger partial charge in [-0.2, -0.15) is 0 Å². The Kier molecular flexibility index (Phi) is 6.20. The van der Waals surface area contributed by atoms with Crippen molar-refractivity contribution in [3.8, 4) is 11.5 Å². The number of aromatic hydroxyl groups is 2. The maximum atomic E-state index is 13.2. The SMILES string of the molecule is Oc1ccc(C2C(CCC(O)c3ccc(F)cc3)CC(=S)N2c2ccccc2)c(O)c1. The molecule has 4 rings (SSSR count). The van der Waals surface area contributed by atoms with Crippen molar-refractivity contribution in [3.05, 3.63) is 89.7 Å². The predicted octanol–water partition coefficient (Wildman–Crippen LogP) is 5.65. The molecular formula is C25H24FNO3S. The number of para-hydroxylation sites is 1. The van der Waals surface area contributed by atoms with E-state index >= 15 is 0 Å². The van der Waals surface area contributed by atoms with Gasteiger partial charge in [0.2, 0.25) is 0 Å². The van der Waals surface area contributed by atoms with Gasteiger partial charge in [-0.25, -0.2) is 4.39 Å². The number of aliphatic hydroxyl groups excluding tert-OH is 1. The molecule has 1 aliphatic heterocycles. The highest BCUT2D eigenvalue weighted by Gasteiger charge is 2.40. The first-order valence-corrected chi connectivity index (χ1v) is 10.7. The summed E-state index contributed by atoms with van der Waals surface area (Å²) in [5.74, 6) is -0.271. The number of hydrogen-bond donors (Lipinski definition) is 3. The first kappa shape index (κ1) is 21.3. The van der Waals surface area contributed by atoms with Crippen LogP contribution in [0.1, 0.15) is 42.5 Å². The summed E-state index contributed by atoms with van der Waals surface area (Å²) < 4.78 is 13.2. The van der Waals surface area contributed by atoms with E-state index in [1.54, 1.807) is 24.3 Å². The van der Waals surface area contributed by atoms with E-state index < -0.39 is 6.10 Å². The third kappa shape index (κ3) is 4.55. The van der Waals surface area contributed by atoms with Gasteiger partial charge in [0.1, 0.15) is 17.3 Å². The third-order valence-electron chi connectivity index (χ3n) is 5.86. The fraction of sp³-hybridized carbons (Fsp3) is 0.240. The molecule has 1 saturated heterocycles. The zero-order valence-corrected chi connectivity index (χ0v) is 17.7. The van der Waals surface area contributed by atoms with Crippen molar-refractivity contribution >= 4 is 22.9 Å². The van der Waals surface area contributed by atoms with Crippen molar-refractivity contribution in [2.45, 2.75) is 31.4 Å². The van der Waals surface area contributed by atoms with E-state index in [1.807, 2.05) is 30.3 Å². The molecule has 0 bridgehead atoms. The minimum Gasteiger partial charge on any atom is -0.508 e. The van der Waals surface area contributed by atoms with Gasteiger partial charge in [-0.15, -0.1) is 0 Å². The molecule has 3 N–H and O–H groups in total. The number of hydrogen-bond acceptors (Lipinski definition) is 4. The van der Waals surface area contributed by atoms with Crippen molar-refractivity contribution in [1.29, 1.82) is 0 Å². The highest BCUT2D eigenvalue weighted by Crippen LogP contribution is 2.47. The van der Waals surface area contributed by atoms with Crippen LogP contribution < -0.4 is 4.90 Å². The van der Waals surface area contributed by atoms with Crippen LogP contribution in [0.4, 0.5) is 10.1 Å². The van der Waals surface area contributed by atoms with E-state index in [9.17, 15) is 19.7 Å². The molecule has 3 atom stereocenters. The van der Waals surface area contributed by atoms with Crippen molar-refractivity contribution in [3.63, 3.8) is 0 Å². The van der Waals surface area contributed by atoms with Crippen LogP contribution in [-0.4, -0.2) is 20.3 Å². The Morgan fingerprint density at radius 3 is 2.39 bits per heavy atom. The van der Waals surface area contributed by atoms with Crippen molar-refractivity contribution < 1.29 is 19.7 Å². The smallest absolute Gasteiger partial charge is 0.124 e. The third-order valence-corrected chi connectivity index (χ3v) is 6.23. The highest BCUT2D eigenvalue weighted by molar-refractivity contribution is 7.80. The van der Waals surface area contributed by atoms with E-state index in [2.05, 4.69) is 4.90 Å². The summed E-state index contributed by atoms with van der Waals surface area (Å²) in [5, 5.41) is 30.9. The van der Waals surface area contributed by atoms with Crippen LogP contribution in [0.25, 0.3) is 0 Å². The van der Waals surface area contributed by atoms with Crippen LogP contribution in [0.15, 0.2) is 72.8 Å². The quantitative estimate of drug-likeness (QED) is 0.435. The minimum absolute atomic E-state index is 0.00336. The number of nitrogens with zero attached hydrogens (tertiary/aromatic N) is 1. The van der Waals surface area contributed by atoms with Crippen LogP contribution in [0, 0.1) is 11.7 Å². The molecule has 0 saturated carbocycles. The van der Waals surface area contributed by atoms with E-state index in [-0.39, 0.29) is 29.3 Å². The minimum atomic E-state index is -0.714. The molecule has 0 aromatic heterocycles. The second-order valence-corrected chi connectivity index (χ2v) is 8.37. The average Bonchev–Trinajstić information content (AvgIpc) is 3.09. The monoisotopic (exact) mass is 437 g/mol. The lowest BCUT2D eigenvalue weighted by Gasteiger charge is -2.31. The summed E-state index contributed by atoms with van der Waals surface area (Å²) in [5.41, 5.74) is 2.29. The second-order valence-electron chi connectivity index (χ2n) is 7.90. The lowest BCUT2D eigenvalue weighted by atomic mass is 9.87. The fourth-order valence-corrected chi connectivity index (χ4v) is 4.79. The molecule has 4 nitrogen and oxygen atoms in total. The lowest BCUT2D eigenvalue weighted by Crippen LogP contribution is -2.28. The summed E-state index contributed by atoms with van der Waals surface area (Å²) in [6, 6.07) is 20.1. The van der Waals surface area contributed by atoms with Crippen molar-refractivity contribution in [2.75, 3.05) is 4.90 Å². The maximum absolute atomic E-state index is 13.2. The molecule has 6 heteroatoms. The number of aliphatic hydroxyl groups is 1. The first-order valence-electron chi connectivity index (χ1n) is 10.3. The maximum Gasteiger partial charge on any atom is 0.124 e. The number of thiocarbonyl (C=S) groups is 1. The van der Waals surface area contributed by atoms with E-state index in [4.69, 9.17) is 12.2 Å². The van der Waals surface area contributed by atoms with Gasteiger partial charge in [-0.3, -0.25) is 0 Å². The fourth-order valence-electron chi connectivity index (χ4n) is 4.35. The van der Waals surface area contributed by atoms with Crippen LogP contribution in [0.5, 0.6) is 11.5 Å². The summed E-state index contributed by atoms with van der Waals surface area (Å²) in [6.45, 7) is 0. The normalized spacial score (nSPS) is 19.5. The van der Waals surface area contributed by atoms with Crippen LogP contribution in [0.3, 0.4) is 0 Å². The Balaban J connectivity index is 1.62. The number of phenols is 2. The number of benzene rings is 3. The molecule has 3 aromatic rings. The van der Waals surface area contributed by atoms with Gasteiger partial charge in [0.25, 0.3) is 0 Å². The second kappa shape index (κ2) is 9.04. The Morgan fingerprint density at radius 2 is 1.71 bits per heavy atom. The average molecular weight is 438 g/mol. The standard InChI is InChI=1S/C25H24FNO3S/c26-18-9-6-16(7-10-18)22(29)13-8-17-14-24(31)27(19-4-2-1-3-5-19)25(17)21-12-11-20(28)15-23(21)30/h1-7,9-12,15,17,22,25,28-30H,8,13-14H2. The predicted molar refractivity (Wildman–Crippen MR) is 123 cm³/mol. The largest absolute Gasteiger partial charge is 0.508 e. The number of halogens is 1. The van der Waals surface area contributed by atoms with Crippen molar-refractivity contribution in [2.24, 2.45) is 5.92 Å². The number of anilines is 1. The molecule has 160 valence electrons. The van der Waals surface area contributed by atoms with Gasteiger partial charge >= 0.3 is 0 Å². The first-order chi connectivity index (χ1) is 14.9. The highest BCUT2D eigenvalue weighted by atomic mass is 32.1. The molecule has 3 aromatic carbocycles. The summed E-state index contributed by atoms with van der Waals surface area (Å²) >= 11 is 5.72. The molecule has 0 spiro atoms. The van der Waals surface area contributed by atoms with Gasteiger partial charge in [0.05, 0.1) is 17.1 Å². The topological polar surface area (TPSA) is 63.9 Å². The Hall–Kier alpha value is -2.96. The molecule has 1 fully saturated rings. The molecule has 1 heterocycles. The Labute approximate surface area is 186 Å². The molecule has 3 unspecified atom stereocenters. The Bertz CT molecular complexity index is 1060. The van der Waals surface area contributed by atoms with Gasteiger partial charge in [0, 0.05) is 23.7 Å². The Morgan fingerprint density at radius 1 is 1.00 bits per heavy atom. The molecule has 31 heavy (non-hydrogen) atoms. The van der Waals surface area contributed by atoms with Crippen LogP contribution in [0.2, 0.25) is 0 Å².